The summed E-state index contributed by atoms with van der Waals surface area (Å²) in [4.78, 5) is 0. The zero-order chi connectivity index (χ0) is 13.1. The molecule has 0 aromatic rings. The van der Waals surface area contributed by atoms with Gasteiger partial charge in [0.15, 0.2) is 0 Å². The Morgan fingerprint density at radius 2 is 1.71 bits per heavy atom. The van der Waals surface area contributed by atoms with Crippen molar-refractivity contribution in [2.45, 2.75) is 59.1 Å². The van der Waals surface area contributed by atoms with Crippen LogP contribution in [-0.4, -0.2) is 34.7 Å². The van der Waals surface area contributed by atoms with Crippen LogP contribution >= 0.6 is 0 Å². The van der Waals surface area contributed by atoms with Gasteiger partial charge in [-0.3, -0.25) is 0 Å². The van der Waals surface area contributed by atoms with Crippen molar-refractivity contribution in [1.82, 2.24) is 0 Å². The fourth-order valence-corrected chi connectivity index (χ4v) is 4.38. The molecule has 0 rings (SSSR count). The Hall–Kier alpha value is 0.0569. The van der Waals surface area contributed by atoms with Gasteiger partial charge in [-0.25, -0.2) is 0 Å². The van der Waals surface area contributed by atoms with E-state index in [0.717, 1.165) is 6.42 Å². The molecule has 2 N–H and O–H groups in total. The molecule has 0 aliphatic heterocycles. The number of hydrogen-bond acceptors (Lipinski definition) is 4. The van der Waals surface area contributed by atoms with Crippen molar-refractivity contribution in [3.05, 3.63) is 0 Å². The summed E-state index contributed by atoms with van der Waals surface area (Å²) in [5, 5.41) is 0. The molecule has 1 atom stereocenters. The van der Waals surface area contributed by atoms with Gasteiger partial charge < -0.3 is 19.0 Å². The molecule has 4 nitrogen and oxygen atoms in total. The van der Waals surface area contributed by atoms with Crippen LogP contribution in [0, 0.1) is 0 Å². The molecule has 0 amide bonds. The average molecular weight is 263 g/mol. The van der Waals surface area contributed by atoms with Crippen molar-refractivity contribution in [2.24, 2.45) is 5.73 Å². The normalized spacial score (nSPS) is 13.9. The van der Waals surface area contributed by atoms with E-state index in [4.69, 9.17) is 19.0 Å². The molecular weight excluding hydrogens is 234 g/mol. The van der Waals surface area contributed by atoms with E-state index >= 15 is 0 Å². The highest BCUT2D eigenvalue weighted by atomic mass is 28.4. The van der Waals surface area contributed by atoms with Crippen molar-refractivity contribution in [2.75, 3.05) is 19.8 Å². The highest BCUT2D eigenvalue weighted by Crippen LogP contribution is 2.19. The van der Waals surface area contributed by atoms with Gasteiger partial charge in [0.05, 0.1) is 0 Å². The Labute approximate surface area is 107 Å². The molecule has 0 spiro atoms. The molecular formula is C12H29NO3Si. The van der Waals surface area contributed by atoms with Crippen molar-refractivity contribution in [1.29, 1.82) is 0 Å². The largest absolute Gasteiger partial charge is 0.502 e. The molecule has 0 bridgehead atoms. The summed E-state index contributed by atoms with van der Waals surface area (Å²) in [7, 11) is -2.53. The van der Waals surface area contributed by atoms with Gasteiger partial charge in [0.1, 0.15) is 0 Å². The molecule has 0 saturated carbocycles. The molecule has 0 fully saturated rings. The highest BCUT2D eigenvalue weighted by molar-refractivity contribution is 6.60. The summed E-state index contributed by atoms with van der Waals surface area (Å²) in [5.74, 6) is 0. The predicted molar refractivity (Wildman–Crippen MR) is 72.9 cm³/mol. The summed E-state index contributed by atoms with van der Waals surface area (Å²) in [6, 6.07) is 0.700. The maximum absolute atomic E-state index is 6.08. The van der Waals surface area contributed by atoms with Crippen LogP contribution in [0.25, 0.3) is 0 Å². The van der Waals surface area contributed by atoms with Crippen LogP contribution < -0.4 is 5.73 Å². The molecule has 0 aromatic heterocycles. The summed E-state index contributed by atoms with van der Waals surface area (Å²) >= 11 is 0. The van der Waals surface area contributed by atoms with Crippen LogP contribution in [0.15, 0.2) is 0 Å². The van der Waals surface area contributed by atoms with Gasteiger partial charge in [-0.15, -0.1) is 0 Å². The predicted octanol–water partition coefficient (Wildman–Crippen LogP) is 2.55. The summed E-state index contributed by atoms with van der Waals surface area (Å²) in [5.41, 5.74) is 5.65. The summed E-state index contributed by atoms with van der Waals surface area (Å²) < 4.78 is 17.6. The quantitative estimate of drug-likeness (QED) is 0.582. The molecule has 0 aliphatic rings. The Balaban J connectivity index is 4.40. The van der Waals surface area contributed by atoms with Gasteiger partial charge in [-0.05, 0) is 33.7 Å². The van der Waals surface area contributed by atoms with E-state index in [2.05, 4.69) is 13.8 Å². The monoisotopic (exact) mass is 263 g/mol. The molecule has 1 unspecified atom stereocenters. The van der Waals surface area contributed by atoms with Gasteiger partial charge >= 0.3 is 8.80 Å². The van der Waals surface area contributed by atoms with E-state index in [9.17, 15) is 0 Å². The second kappa shape index (κ2) is 10.0. The first-order valence-electron chi connectivity index (χ1n) is 6.79. The number of hydrogen-bond donors (Lipinski definition) is 1. The number of rotatable bonds is 11. The number of nitrogens with two attached hydrogens (primary N) is 1. The third-order valence-electron chi connectivity index (χ3n) is 2.52. The lowest BCUT2D eigenvalue weighted by molar-refractivity contribution is 0.0355. The van der Waals surface area contributed by atoms with E-state index in [0.29, 0.717) is 25.8 Å². The Kier molecular flexibility index (Phi) is 10.1. The van der Waals surface area contributed by atoms with Crippen molar-refractivity contribution >= 4 is 8.80 Å². The molecule has 5 heteroatoms. The van der Waals surface area contributed by atoms with E-state index in [1.807, 2.05) is 13.8 Å². The fourth-order valence-electron chi connectivity index (χ4n) is 1.79. The maximum Gasteiger partial charge on any atom is 0.502 e. The minimum absolute atomic E-state index is 0.186. The first-order chi connectivity index (χ1) is 8.14. The van der Waals surface area contributed by atoms with Crippen LogP contribution in [0.2, 0.25) is 6.04 Å². The van der Waals surface area contributed by atoms with Crippen molar-refractivity contribution in [3.8, 4) is 0 Å². The molecule has 0 aromatic carbocycles. The van der Waals surface area contributed by atoms with Gasteiger partial charge in [0.25, 0.3) is 0 Å². The molecule has 104 valence electrons. The van der Waals surface area contributed by atoms with E-state index in [-0.39, 0.29) is 6.10 Å². The third-order valence-corrected chi connectivity index (χ3v) is 5.64. The zero-order valence-corrected chi connectivity index (χ0v) is 12.8. The van der Waals surface area contributed by atoms with Crippen LogP contribution in [0.5, 0.6) is 0 Å². The van der Waals surface area contributed by atoms with Crippen LogP contribution in [0.4, 0.5) is 0 Å². The van der Waals surface area contributed by atoms with E-state index in [1.54, 1.807) is 0 Å². The first kappa shape index (κ1) is 17.1. The minimum Gasteiger partial charge on any atom is -0.374 e. The summed E-state index contributed by atoms with van der Waals surface area (Å²) in [6.07, 6.45) is 3.59. The average Bonchev–Trinajstić information content (AvgIpc) is 2.27. The number of unbranched alkanes of at least 4 members (excludes halogenated alkanes) is 1. The lowest BCUT2D eigenvalue weighted by atomic mass is 10.2. The van der Waals surface area contributed by atoms with Crippen molar-refractivity contribution < 1.29 is 13.3 Å². The second-order valence-electron chi connectivity index (χ2n) is 4.16. The van der Waals surface area contributed by atoms with Gasteiger partial charge in [-0.2, -0.15) is 0 Å². The lowest BCUT2D eigenvalue weighted by Gasteiger charge is -2.31. The van der Waals surface area contributed by atoms with Gasteiger partial charge in [-0.1, -0.05) is 19.8 Å². The minimum atomic E-state index is -2.53. The van der Waals surface area contributed by atoms with Crippen LogP contribution in [0.1, 0.15) is 47.0 Å². The van der Waals surface area contributed by atoms with E-state index < -0.39 is 8.80 Å². The Morgan fingerprint density at radius 3 is 2.12 bits per heavy atom. The first-order valence-corrected chi connectivity index (χ1v) is 8.73. The fraction of sp³-hybridized carbons (Fsp3) is 1.00. The van der Waals surface area contributed by atoms with E-state index in [1.165, 1.54) is 12.8 Å². The van der Waals surface area contributed by atoms with Gasteiger partial charge in [0, 0.05) is 25.4 Å². The Morgan fingerprint density at radius 1 is 1.12 bits per heavy atom. The molecule has 17 heavy (non-hydrogen) atoms. The zero-order valence-electron chi connectivity index (χ0n) is 11.8. The summed E-state index contributed by atoms with van der Waals surface area (Å²) in [6.45, 7) is 10.00. The van der Waals surface area contributed by atoms with Crippen molar-refractivity contribution in [3.63, 3.8) is 0 Å². The molecule has 0 radical (unpaired) electrons. The van der Waals surface area contributed by atoms with Gasteiger partial charge in [0.2, 0.25) is 0 Å². The maximum atomic E-state index is 6.08. The topological polar surface area (TPSA) is 53.7 Å². The molecule has 0 heterocycles. The lowest BCUT2D eigenvalue weighted by Crippen LogP contribution is -2.49. The van der Waals surface area contributed by atoms with Crippen LogP contribution in [0.3, 0.4) is 0 Å². The third kappa shape index (κ3) is 7.16. The van der Waals surface area contributed by atoms with Crippen LogP contribution in [-0.2, 0) is 13.3 Å². The second-order valence-corrected chi connectivity index (χ2v) is 6.84. The SMILES string of the molecule is CCCCC(C)O[Si](CCN)(OCC)OCC. The molecule has 0 saturated heterocycles. The molecule has 0 aliphatic carbocycles. The highest BCUT2D eigenvalue weighted by Gasteiger charge is 2.41. The smallest absolute Gasteiger partial charge is 0.374 e. The standard InChI is InChI=1S/C12H29NO3Si/c1-5-8-9-12(4)16-17(11-10-13,14-6-2)15-7-3/h12H,5-11,13H2,1-4H3. The Bertz CT molecular complexity index is 164.